The highest BCUT2D eigenvalue weighted by molar-refractivity contribution is 6.15. The molecule has 12 aromatic rings. The number of aromatic nitrogens is 4. The van der Waals surface area contributed by atoms with Gasteiger partial charge in [-0.15, -0.1) is 0 Å². The van der Waals surface area contributed by atoms with Gasteiger partial charge in [0.15, 0.2) is 0 Å². The Labute approximate surface area is 358 Å². The van der Waals surface area contributed by atoms with Crippen LogP contribution in [0.25, 0.3) is 99.0 Å². The van der Waals surface area contributed by atoms with Crippen molar-refractivity contribution < 1.29 is 0 Å². The van der Waals surface area contributed by atoms with Crippen LogP contribution in [0.5, 0.6) is 0 Å². The molecule has 0 N–H and O–H groups in total. The van der Waals surface area contributed by atoms with Gasteiger partial charge in [0, 0.05) is 66.7 Å². The summed E-state index contributed by atoms with van der Waals surface area (Å²) >= 11 is 0. The van der Waals surface area contributed by atoms with Crippen LogP contribution in [0.3, 0.4) is 0 Å². The van der Waals surface area contributed by atoms with Gasteiger partial charge in [0.1, 0.15) is 0 Å². The van der Waals surface area contributed by atoms with Crippen LogP contribution in [0.2, 0.25) is 0 Å². The molecule has 2 unspecified atom stereocenters. The quantitative estimate of drug-likeness (QED) is 0.179. The van der Waals surface area contributed by atoms with Gasteiger partial charge in [0.25, 0.3) is 0 Å². The Bertz CT molecular complexity index is 3560. The van der Waals surface area contributed by atoms with E-state index in [0.717, 1.165) is 11.4 Å². The first-order valence-electron chi connectivity index (χ1n) is 21.6. The molecule has 8 aromatic carbocycles. The molecule has 0 amide bonds. The monoisotopic (exact) mass is 790 g/mol. The Balaban J connectivity index is 1.14. The van der Waals surface area contributed by atoms with E-state index in [-0.39, 0.29) is 0 Å². The lowest BCUT2D eigenvalue weighted by molar-refractivity contribution is 0.375. The van der Waals surface area contributed by atoms with Gasteiger partial charge < -0.3 is 9.13 Å². The van der Waals surface area contributed by atoms with Crippen molar-refractivity contribution >= 4 is 65.2 Å². The maximum absolute atomic E-state index is 5.30. The number of benzene rings is 8. The molecule has 2 aliphatic rings. The Morgan fingerprint density at radius 3 is 0.984 bits per heavy atom. The van der Waals surface area contributed by atoms with Crippen LogP contribution in [0.4, 0.5) is 0 Å². The van der Waals surface area contributed by atoms with Crippen LogP contribution in [-0.4, -0.2) is 19.1 Å². The number of pyridine rings is 2. The molecule has 290 valence electrons. The summed E-state index contributed by atoms with van der Waals surface area (Å²) in [6.45, 7) is 4.98. The molecule has 0 bridgehead atoms. The van der Waals surface area contributed by atoms with E-state index in [1.165, 1.54) is 110 Å². The summed E-state index contributed by atoms with van der Waals surface area (Å²) < 4.78 is 5.00. The van der Waals surface area contributed by atoms with E-state index >= 15 is 0 Å². The lowest BCUT2D eigenvalue weighted by atomic mass is 9.56. The third kappa shape index (κ3) is 3.99. The smallest absolute Gasteiger partial charge is 0.0752 e. The van der Waals surface area contributed by atoms with Crippen molar-refractivity contribution in [2.45, 2.75) is 24.7 Å². The number of hydrogen-bond donors (Lipinski definition) is 0. The molecule has 4 heterocycles. The second kappa shape index (κ2) is 11.9. The van der Waals surface area contributed by atoms with Gasteiger partial charge in [-0.25, -0.2) is 0 Å². The summed E-state index contributed by atoms with van der Waals surface area (Å²) in [5.74, 6) is 0. The zero-order valence-electron chi connectivity index (χ0n) is 34.3. The average Bonchev–Trinajstić information content (AvgIpc) is 4.02. The summed E-state index contributed by atoms with van der Waals surface area (Å²) in [5.41, 5.74) is 15.5. The van der Waals surface area contributed by atoms with E-state index < -0.39 is 10.8 Å². The molecule has 4 nitrogen and oxygen atoms in total. The molecule has 14 rings (SSSR count). The zero-order valence-corrected chi connectivity index (χ0v) is 34.3. The predicted octanol–water partition coefficient (Wildman–Crippen LogP) is 14.3. The van der Waals surface area contributed by atoms with Gasteiger partial charge in [0.05, 0.1) is 44.8 Å². The van der Waals surface area contributed by atoms with Crippen molar-refractivity contribution in [2.75, 3.05) is 0 Å². The summed E-state index contributed by atoms with van der Waals surface area (Å²) in [6, 6.07) is 67.3. The summed E-state index contributed by atoms with van der Waals surface area (Å²) in [6.07, 6.45) is 3.94. The van der Waals surface area contributed by atoms with Crippen molar-refractivity contribution in [1.82, 2.24) is 19.1 Å². The normalized spacial score (nSPS) is 17.6. The third-order valence-corrected chi connectivity index (χ3v) is 14.9. The summed E-state index contributed by atoms with van der Waals surface area (Å²) in [5, 5.41) is 9.84. The SMILES string of the molecule is CC1(C2(C)c3cccnc3-c3c2cc(-n2c4ccccc4c4ccccc42)c2ccccc32)c2cccnc2-c2c1cc(-n1c3ccccc3c3ccccc31)c1ccccc21. The fourth-order valence-corrected chi connectivity index (χ4v) is 12.1. The molecule has 4 heteroatoms. The predicted molar refractivity (Wildman–Crippen MR) is 256 cm³/mol. The molecular formula is C58H38N4. The molecule has 4 aromatic heterocycles. The van der Waals surface area contributed by atoms with Gasteiger partial charge >= 0.3 is 0 Å². The van der Waals surface area contributed by atoms with Crippen molar-refractivity contribution in [3.8, 4) is 33.9 Å². The second-order valence-corrected chi connectivity index (χ2v) is 17.5. The molecule has 0 saturated heterocycles. The molecule has 2 atom stereocenters. The molecule has 0 saturated carbocycles. The highest BCUT2D eigenvalue weighted by Crippen LogP contribution is 2.66. The fourth-order valence-electron chi connectivity index (χ4n) is 12.1. The van der Waals surface area contributed by atoms with E-state index in [1.54, 1.807) is 0 Å². The van der Waals surface area contributed by atoms with E-state index in [9.17, 15) is 0 Å². The minimum Gasteiger partial charge on any atom is -0.309 e. The van der Waals surface area contributed by atoms with Gasteiger partial charge in [-0.05, 0) is 81.6 Å². The minimum absolute atomic E-state index is 0.590. The number of rotatable bonds is 3. The fraction of sp³-hybridized carbons (Fsp3) is 0.0690. The molecular weight excluding hydrogens is 753 g/mol. The van der Waals surface area contributed by atoms with Crippen molar-refractivity contribution in [1.29, 1.82) is 0 Å². The van der Waals surface area contributed by atoms with Gasteiger partial charge in [-0.2, -0.15) is 0 Å². The van der Waals surface area contributed by atoms with Crippen LogP contribution < -0.4 is 0 Å². The van der Waals surface area contributed by atoms with Crippen molar-refractivity contribution in [3.05, 3.63) is 217 Å². The van der Waals surface area contributed by atoms with E-state index in [1.807, 2.05) is 12.4 Å². The number of nitrogens with zero attached hydrogens (tertiary/aromatic N) is 4. The summed E-state index contributed by atoms with van der Waals surface area (Å²) in [4.78, 5) is 10.6. The van der Waals surface area contributed by atoms with Crippen LogP contribution in [0, 0.1) is 0 Å². The maximum atomic E-state index is 5.30. The Hall–Kier alpha value is -7.82. The van der Waals surface area contributed by atoms with Crippen LogP contribution in [0.15, 0.2) is 194 Å². The molecule has 0 fully saturated rings. The topological polar surface area (TPSA) is 35.6 Å². The lowest BCUT2D eigenvalue weighted by Crippen LogP contribution is -2.44. The van der Waals surface area contributed by atoms with Crippen molar-refractivity contribution in [2.24, 2.45) is 0 Å². The average molecular weight is 791 g/mol. The standard InChI is InChI=1S/C58H38N4/c1-57(43-25-15-31-59-55(43)53-41-23-5-3-21-39(41)51(33-45(53)57)61-47-27-11-7-17-35(47)36-18-8-12-28-48(36)61)58(2)44-26-16-32-60-56(44)54-42-24-6-4-22-40(42)52(34-46(54)58)62-49-29-13-9-19-37(49)38-20-10-14-30-50(38)62/h3-34H,1-2H3. The van der Waals surface area contributed by atoms with E-state index in [0.29, 0.717) is 0 Å². The van der Waals surface area contributed by atoms with Crippen molar-refractivity contribution in [3.63, 3.8) is 0 Å². The summed E-state index contributed by atoms with van der Waals surface area (Å²) in [7, 11) is 0. The first-order valence-corrected chi connectivity index (χ1v) is 21.6. The minimum atomic E-state index is -0.590. The second-order valence-electron chi connectivity index (χ2n) is 17.5. The molecule has 0 aliphatic heterocycles. The zero-order chi connectivity index (χ0) is 40.9. The van der Waals surface area contributed by atoms with Gasteiger partial charge in [0.2, 0.25) is 0 Å². The Morgan fingerprint density at radius 1 is 0.323 bits per heavy atom. The van der Waals surface area contributed by atoms with E-state index in [2.05, 4.69) is 205 Å². The molecule has 0 spiro atoms. The van der Waals surface area contributed by atoms with Crippen LogP contribution in [-0.2, 0) is 10.8 Å². The molecule has 62 heavy (non-hydrogen) atoms. The Kier molecular flexibility index (Phi) is 6.53. The number of hydrogen-bond acceptors (Lipinski definition) is 2. The number of fused-ring (bicyclic) bond motifs is 16. The highest BCUT2D eigenvalue weighted by Gasteiger charge is 2.59. The molecule has 0 radical (unpaired) electrons. The third-order valence-electron chi connectivity index (χ3n) is 14.9. The van der Waals surface area contributed by atoms with Gasteiger partial charge in [-0.1, -0.05) is 147 Å². The number of para-hydroxylation sites is 4. The van der Waals surface area contributed by atoms with Gasteiger partial charge in [-0.3, -0.25) is 9.97 Å². The lowest BCUT2D eigenvalue weighted by Gasteiger charge is -2.45. The first kappa shape index (κ1) is 34.0. The molecule has 2 aliphatic carbocycles. The van der Waals surface area contributed by atoms with E-state index in [4.69, 9.17) is 9.97 Å². The Morgan fingerprint density at radius 2 is 0.629 bits per heavy atom. The van der Waals surface area contributed by atoms with Crippen LogP contribution in [0.1, 0.15) is 36.1 Å². The first-order chi connectivity index (χ1) is 30.6. The largest absolute Gasteiger partial charge is 0.309 e. The van der Waals surface area contributed by atoms with Crippen LogP contribution >= 0.6 is 0 Å². The highest BCUT2D eigenvalue weighted by atomic mass is 15.0. The maximum Gasteiger partial charge on any atom is 0.0752 e.